The van der Waals surface area contributed by atoms with Crippen molar-refractivity contribution in [1.29, 1.82) is 5.26 Å². The van der Waals surface area contributed by atoms with Crippen LogP contribution in [0.1, 0.15) is 18.4 Å². The molecule has 94 valence electrons. The maximum absolute atomic E-state index is 8.94. The summed E-state index contributed by atoms with van der Waals surface area (Å²) in [5, 5.41) is 13.2. The Balaban J connectivity index is 1.78. The predicted octanol–water partition coefficient (Wildman–Crippen LogP) is 2.72. The first-order valence-electron chi connectivity index (χ1n) is 6.45. The zero-order chi connectivity index (χ0) is 12.5. The Bertz CT molecular complexity index is 494. The van der Waals surface area contributed by atoms with Gasteiger partial charge in [0.05, 0.1) is 22.3 Å². The fourth-order valence-electron chi connectivity index (χ4n) is 3.05. The van der Waals surface area contributed by atoms with Gasteiger partial charge in [-0.3, -0.25) is 0 Å². The molecule has 2 bridgehead atoms. The molecule has 0 radical (unpaired) electrons. The fraction of sp³-hybridized carbons (Fsp3) is 0.500. The van der Waals surface area contributed by atoms with Crippen LogP contribution in [-0.2, 0) is 0 Å². The molecule has 18 heavy (non-hydrogen) atoms. The van der Waals surface area contributed by atoms with Gasteiger partial charge in [-0.1, -0.05) is 11.6 Å². The molecule has 2 heterocycles. The number of anilines is 1. The van der Waals surface area contributed by atoms with Crippen LogP contribution >= 0.6 is 11.6 Å². The molecular formula is C14H16ClN3. The molecule has 3 unspecified atom stereocenters. The smallest absolute Gasteiger partial charge is 0.0992 e. The van der Waals surface area contributed by atoms with E-state index in [-0.39, 0.29) is 0 Å². The van der Waals surface area contributed by atoms with Gasteiger partial charge in [0.25, 0.3) is 0 Å². The van der Waals surface area contributed by atoms with Gasteiger partial charge in [0.2, 0.25) is 0 Å². The van der Waals surface area contributed by atoms with Crippen molar-refractivity contribution in [2.75, 3.05) is 25.0 Å². The summed E-state index contributed by atoms with van der Waals surface area (Å²) in [7, 11) is 0. The standard InChI is InChI=1S/C14H16ClN3/c15-12-2-1-10(8-16)7-14(12)17-13-4-6-18-5-3-11(13)9-18/h1-2,7,11,13,17H,3-6,9H2. The zero-order valence-corrected chi connectivity index (χ0v) is 11.0. The molecule has 0 saturated carbocycles. The quantitative estimate of drug-likeness (QED) is 0.890. The predicted molar refractivity (Wildman–Crippen MR) is 72.7 cm³/mol. The van der Waals surface area contributed by atoms with Crippen LogP contribution in [0.2, 0.25) is 5.02 Å². The number of piperidine rings is 1. The third kappa shape index (κ3) is 2.19. The lowest BCUT2D eigenvalue weighted by Crippen LogP contribution is -2.39. The van der Waals surface area contributed by atoms with E-state index in [4.69, 9.17) is 16.9 Å². The minimum Gasteiger partial charge on any atom is -0.381 e. The van der Waals surface area contributed by atoms with Crippen molar-refractivity contribution in [3.8, 4) is 6.07 Å². The number of halogens is 1. The van der Waals surface area contributed by atoms with Crippen molar-refractivity contribution in [2.45, 2.75) is 18.9 Å². The van der Waals surface area contributed by atoms with E-state index in [1.807, 2.05) is 6.07 Å². The highest BCUT2D eigenvalue weighted by Gasteiger charge is 2.34. The Morgan fingerprint density at radius 2 is 2.17 bits per heavy atom. The van der Waals surface area contributed by atoms with Crippen molar-refractivity contribution >= 4 is 17.3 Å². The summed E-state index contributed by atoms with van der Waals surface area (Å²) in [5.41, 5.74) is 1.56. The molecular weight excluding hydrogens is 246 g/mol. The maximum Gasteiger partial charge on any atom is 0.0992 e. The molecule has 4 heteroatoms. The lowest BCUT2D eigenvalue weighted by atomic mass is 9.94. The molecule has 3 nitrogen and oxygen atoms in total. The van der Waals surface area contributed by atoms with Crippen LogP contribution in [0, 0.1) is 17.2 Å². The molecule has 0 aromatic heterocycles. The Kier molecular flexibility index (Phi) is 3.15. The summed E-state index contributed by atoms with van der Waals surface area (Å²) in [4.78, 5) is 2.52. The molecule has 1 N–H and O–H groups in total. The van der Waals surface area contributed by atoms with Crippen LogP contribution in [0.15, 0.2) is 18.2 Å². The summed E-state index contributed by atoms with van der Waals surface area (Å²) in [5.74, 6) is 0.723. The number of nitrogens with one attached hydrogen (secondary N) is 1. The van der Waals surface area contributed by atoms with E-state index >= 15 is 0 Å². The monoisotopic (exact) mass is 261 g/mol. The number of hydrogen-bond acceptors (Lipinski definition) is 3. The van der Waals surface area contributed by atoms with E-state index in [0.29, 0.717) is 16.6 Å². The Morgan fingerprint density at radius 1 is 1.33 bits per heavy atom. The van der Waals surface area contributed by atoms with E-state index in [2.05, 4.69) is 16.3 Å². The largest absolute Gasteiger partial charge is 0.381 e. The first-order chi connectivity index (χ1) is 8.76. The molecule has 3 atom stereocenters. The number of fused-ring (bicyclic) bond motifs is 2. The van der Waals surface area contributed by atoms with Crippen LogP contribution in [0.5, 0.6) is 0 Å². The van der Waals surface area contributed by atoms with E-state index in [0.717, 1.165) is 18.0 Å². The SMILES string of the molecule is N#Cc1ccc(Cl)c(NC2CCN3CCC2C3)c1. The second-order valence-corrected chi connectivity index (χ2v) is 5.60. The average Bonchev–Trinajstić information content (AvgIpc) is 2.78. The van der Waals surface area contributed by atoms with Gasteiger partial charge in [-0.05, 0) is 43.5 Å². The number of nitriles is 1. The Hall–Kier alpha value is -1.24. The van der Waals surface area contributed by atoms with E-state index < -0.39 is 0 Å². The first kappa shape index (κ1) is 11.8. The highest BCUT2D eigenvalue weighted by atomic mass is 35.5. The first-order valence-corrected chi connectivity index (χ1v) is 6.82. The Labute approximate surface area is 112 Å². The van der Waals surface area contributed by atoms with Crippen LogP contribution < -0.4 is 5.32 Å². The minimum absolute atomic E-state index is 0.496. The van der Waals surface area contributed by atoms with Crippen molar-refractivity contribution in [2.24, 2.45) is 5.92 Å². The van der Waals surface area contributed by atoms with E-state index in [1.54, 1.807) is 12.1 Å². The summed E-state index contributed by atoms with van der Waals surface area (Å²) in [6, 6.07) is 8.06. The second kappa shape index (κ2) is 4.79. The molecule has 2 aliphatic rings. The normalized spacial score (nSPS) is 29.9. The minimum atomic E-state index is 0.496. The fourth-order valence-corrected chi connectivity index (χ4v) is 3.22. The van der Waals surface area contributed by atoms with Crippen molar-refractivity contribution < 1.29 is 0 Å². The number of nitrogens with zero attached hydrogens (tertiary/aromatic N) is 2. The van der Waals surface area contributed by atoms with Gasteiger partial charge >= 0.3 is 0 Å². The lowest BCUT2D eigenvalue weighted by Gasteiger charge is -2.32. The van der Waals surface area contributed by atoms with Crippen molar-refractivity contribution in [3.63, 3.8) is 0 Å². The van der Waals surface area contributed by atoms with E-state index in [1.165, 1.54) is 26.1 Å². The van der Waals surface area contributed by atoms with E-state index in [9.17, 15) is 0 Å². The maximum atomic E-state index is 8.94. The number of benzene rings is 1. The van der Waals surface area contributed by atoms with Gasteiger partial charge in [-0.15, -0.1) is 0 Å². The molecule has 3 rings (SSSR count). The van der Waals surface area contributed by atoms with Crippen molar-refractivity contribution in [3.05, 3.63) is 28.8 Å². The van der Waals surface area contributed by atoms with Gasteiger partial charge in [0.15, 0.2) is 0 Å². The second-order valence-electron chi connectivity index (χ2n) is 5.20. The molecule has 0 spiro atoms. The van der Waals surface area contributed by atoms with Crippen LogP contribution in [0.3, 0.4) is 0 Å². The number of hydrogen-bond donors (Lipinski definition) is 1. The third-order valence-corrected chi connectivity index (χ3v) is 4.40. The molecule has 2 aliphatic heterocycles. The molecule has 0 aliphatic carbocycles. The highest BCUT2D eigenvalue weighted by Crippen LogP contribution is 2.31. The van der Waals surface area contributed by atoms with Crippen LogP contribution in [0.4, 0.5) is 5.69 Å². The Morgan fingerprint density at radius 3 is 3.00 bits per heavy atom. The molecule has 0 amide bonds. The third-order valence-electron chi connectivity index (χ3n) is 4.07. The van der Waals surface area contributed by atoms with Gasteiger partial charge in [-0.25, -0.2) is 0 Å². The van der Waals surface area contributed by atoms with Crippen LogP contribution in [0.25, 0.3) is 0 Å². The lowest BCUT2D eigenvalue weighted by molar-refractivity contribution is 0.255. The molecule has 2 saturated heterocycles. The summed E-state index contributed by atoms with van der Waals surface area (Å²) in [6.45, 7) is 3.60. The zero-order valence-electron chi connectivity index (χ0n) is 10.2. The van der Waals surface area contributed by atoms with Gasteiger partial charge in [0, 0.05) is 19.1 Å². The van der Waals surface area contributed by atoms with Gasteiger partial charge in [-0.2, -0.15) is 5.26 Å². The molecule has 1 aromatic rings. The van der Waals surface area contributed by atoms with Gasteiger partial charge < -0.3 is 10.2 Å². The molecule has 1 aromatic carbocycles. The number of rotatable bonds is 2. The highest BCUT2D eigenvalue weighted by molar-refractivity contribution is 6.33. The molecule has 2 fully saturated rings. The summed E-state index contributed by atoms with van der Waals surface area (Å²) < 4.78 is 0. The summed E-state index contributed by atoms with van der Waals surface area (Å²) >= 11 is 6.19. The summed E-state index contributed by atoms with van der Waals surface area (Å²) in [6.07, 6.45) is 2.44. The van der Waals surface area contributed by atoms with Crippen LogP contribution in [-0.4, -0.2) is 30.6 Å². The van der Waals surface area contributed by atoms with Crippen molar-refractivity contribution in [1.82, 2.24) is 4.90 Å². The topological polar surface area (TPSA) is 39.1 Å². The van der Waals surface area contributed by atoms with Gasteiger partial charge in [0.1, 0.15) is 0 Å². The average molecular weight is 262 g/mol.